The Balaban J connectivity index is 1.90. The van der Waals surface area contributed by atoms with E-state index >= 15 is 0 Å². The van der Waals surface area contributed by atoms with Crippen molar-refractivity contribution >= 4 is 46.7 Å². The highest BCUT2D eigenvalue weighted by Gasteiger charge is 2.24. The van der Waals surface area contributed by atoms with Crippen LogP contribution in [-0.4, -0.2) is 16.1 Å². The molecule has 1 heterocycles. The van der Waals surface area contributed by atoms with E-state index < -0.39 is 5.25 Å². The number of aromatic nitrogens is 1. The van der Waals surface area contributed by atoms with Crippen LogP contribution in [0, 0.1) is 22.7 Å². The third-order valence-corrected chi connectivity index (χ3v) is 6.53. The number of hydrogen-bond donors (Lipinski definition) is 2. The average molecular weight is 496 g/mol. The number of benzene rings is 2. The Hall–Kier alpha value is -3.23. The van der Waals surface area contributed by atoms with E-state index in [1.54, 1.807) is 43.3 Å². The van der Waals surface area contributed by atoms with Crippen molar-refractivity contribution in [2.75, 3.05) is 5.73 Å². The first-order valence-corrected chi connectivity index (χ1v) is 11.5. The molecule has 0 radical (unpaired) electrons. The zero-order chi connectivity index (χ0) is 24.1. The van der Waals surface area contributed by atoms with Gasteiger partial charge in [-0.25, -0.2) is 4.98 Å². The Kier molecular flexibility index (Phi) is 7.84. The van der Waals surface area contributed by atoms with Crippen LogP contribution >= 0.6 is 35.0 Å². The maximum atomic E-state index is 12.8. The number of nitrogen functional groups attached to an aromatic ring is 1. The Morgan fingerprint density at radius 3 is 2.09 bits per heavy atom. The molecule has 2 atom stereocenters. The van der Waals surface area contributed by atoms with Crippen molar-refractivity contribution in [3.63, 3.8) is 0 Å². The summed E-state index contributed by atoms with van der Waals surface area (Å²) in [7, 11) is 0. The van der Waals surface area contributed by atoms with Crippen molar-refractivity contribution in [2.45, 2.75) is 30.2 Å². The molecule has 1 amide bonds. The van der Waals surface area contributed by atoms with Crippen LogP contribution in [0.3, 0.4) is 0 Å². The number of nitrogens with one attached hydrogen (secondary N) is 1. The van der Waals surface area contributed by atoms with E-state index in [4.69, 9.17) is 28.9 Å². The number of anilines is 1. The van der Waals surface area contributed by atoms with E-state index in [1.807, 2.05) is 25.1 Å². The van der Waals surface area contributed by atoms with Gasteiger partial charge in [-0.15, -0.1) is 0 Å². The Labute approximate surface area is 206 Å². The molecule has 33 heavy (non-hydrogen) atoms. The number of carbonyl (C=O) groups is 1. The van der Waals surface area contributed by atoms with Crippen LogP contribution in [0.2, 0.25) is 10.0 Å². The van der Waals surface area contributed by atoms with Gasteiger partial charge in [-0.3, -0.25) is 4.79 Å². The number of carbonyl (C=O) groups excluding carboxylic acids is 1. The summed E-state index contributed by atoms with van der Waals surface area (Å²) in [6.07, 6.45) is 0. The fraction of sp³-hybridized carbons (Fsp3) is 0.167. The number of nitriles is 2. The highest BCUT2D eigenvalue weighted by Crippen LogP contribution is 2.37. The van der Waals surface area contributed by atoms with E-state index in [1.165, 1.54) is 0 Å². The van der Waals surface area contributed by atoms with Gasteiger partial charge in [0.1, 0.15) is 28.5 Å². The van der Waals surface area contributed by atoms with E-state index in [0.29, 0.717) is 21.2 Å². The van der Waals surface area contributed by atoms with Gasteiger partial charge in [0.05, 0.1) is 16.9 Å². The first-order chi connectivity index (χ1) is 15.7. The summed E-state index contributed by atoms with van der Waals surface area (Å²) < 4.78 is 0. The van der Waals surface area contributed by atoms with Crippen molar-refractivity contribution in [1.82, 2.24) is 10.3 Å². The number of pyridine rings is 1. The van der Waals surface area contributed by atoms with E-state index in [9.17, 15) is 15.3 Å². The van der Waals surface area contributed by atoms with Crippen LogP contribution in [-0.2, 0) is 4.79 Å². The van der Waals surface area contributed by atoms with Gasteiger partial charge in [0.25, 0.3) is 0 Å². The van der Waals surface area contributed by atoms with E-state index in [2.05, 4.69) is 16.4 Å². The molecule has 0 aliphatic carbocycles. The molecular formula is C24H19Cl2N5OS. The van der Waals surface area contributed by atoms with Gasteiger partial charge < -0.3 is 11.1 Å². The van der Waals surface area contributed by atoms with Gasteiger partial charge in [0, 0.05) is 15.6 Å². The third-order valence-electron chi connectivity index (χ3n) is 4.93. The first kappa shape index (κ1) is 24.4. The van der Waals surface area contributed by atoms with Crippen LogP contribution < -0.4 is 11.1 Å². The molecule has 3 aromatic rings. The van der Waals surface area contributed by atoms with Gasteiger partial charge in [-0.1, -0.05) is 59.2 Å². The largest absolute Gasteiger partial charge is 0.383 e. The molecule has 166 valence electrons. The summed E-state index contributed by atoms with van der Waals surface area (Å²) in [5.74, 6) is -0.241. The highest BCUT2D eigenvalue weighted by molar-refractivity contribution is 8.00. The molecule has 9 heteroatoms. The minimum Gasteiger partial charge on any atom is -0.383 e. The molecule has 0 saturated carbocycles. The number of nitrogens with two attached hydrogens (primary N) is 1. The fourth-order valence-corrected chi connectivity index (χ4v) is 4.35. The topological polar surface area (TPSA) is 116 Å². The Morgan fingerprint density at radius 2 is 1.55 bits per heavy atom. The third kappa shape index (κ3) is 5.58. The smallest absolute Gasteiger partial charge is 0.233 e. The Bertz CT molecular complexity index is 1260. The van der Waals surface area contributed by atoms with Crippen molar-refractivity contribution in [3.8, 4) is 23.3 Å². The van der Waals surface area contributed by atoms with E-state index in [0.717, 1.165) is 17.3 Å². The summed E-state index contributed by atoms with van der Waals surface area (Å²) in [4.78, 5) is 17.1. The van der Waals surface area contributed by atoms with Crippen LogP contribution in [0.5, 0.6) is 0 Å². The molecule has 6 nitrogen and oxygen atoms in total. The monoisotopic (exact) mass is 495 g/mol. The molecule has 0 saturated heterocycles. The van der Waals surface area contributed by atoms with Gasteiger partial charge in [0.15, 0.2) is 0 Å². The standard InChI is InChI=1S/C24H19Cl2N5OS/c1-13(15-3-7-17(25)8-4-15)30-23(32)14(2)33-24-20(12-28)21(19(11-27)22(29)31-24)16-5-9-18(26)10-6-16/h3-10,13-14H,1-2H3,(H2,29,31)(H,30,32). The molecule has 2 unspecified atom stereocenters. The van der Waals surface area contributed by atoms with Crippen LogP contribution in [0.4, 0.5) is 5.82 Å². The normalized spacial score (nSPS) is 12.3. The lowest BCUT2D eigenvalue weighted by Crippen LogP contribution is -2.33. The maximum Gasteiger partial charge on any atom is 0.233 e. The summed E-state index contributed by atoms with van der Waals surface area (Å²) in [5, 5.41) is 23.3. The van der Waals surface area contributed by atoms with Crippen molar-refractivity contribution < 1.29 is 4.79 Å². The zero-order valence-corrected chi connectivity index (χ0v) is 20.1. The highest BCUT2D eigenvalue weighted by atomic mass is 35.5. The molecule has 0 aliphatic heterocycles. The molecule has 0 spiro atoms. The number of nitrogens with zero attached hydrogens (tertiary/aromatic N) is 3. The fourth-order valence-electron chi connectivity index (χ4n) is 3.18. The van der Waals surface area contributed by atoms with Gasteiger partial charge >= 0.3 is 0 Å². The van der Waals surface area contributed by atoms with Gasteiger partial charge in [-0.2, -0.15) is 10.5 Å². The summed E-state index contributed by atoms with van der Waals surface area (Å²) >= 11 is 13.0. The minimum absolute atomic E-state index is 0.00825. The second kappa shape index (κ2) is 10.6. The number of amides is 1. The maximum absolute atomic E-state index is 12.8. The lowest BCUT2D eigenvalue weighted by Gasteiger charge is -2.19. The summed E-state index contributed by atoms with van der Waals surface area (Å²) in [5.41, 5.74) is 8.22. The first-order valence-electron chi connectivity index (χ1n) is 9.87. The zero-order valence-electron chi connectivity index (χ0n) is 17.8. The lowest BCUT2D eigenvalue weighted by molar-refractivity contribution is -0.120. The summed E-state index contributed by atoms with van der Waals surface area (Å²) in [6.45, 7) is 3.59. The predicted molar refractivity (Wildman–Crippen MR) is 132 cm³/mol. The second-order valence-electron chi connectivity index (χ2n) is 7.20. The number of halogens is 2. The van der Waals surface area contributed by atoms with Crippen LogP contribution in [0.15, 0.2) is 53.6 Å². The van der Waals surface area contributed by atoms with E-state index in [-0.39, 0.29) is 33.9 Å². The molecule has 0 aliphatic rings. The van der Waals surface area contributed by atoms with Gasteiger partial charge in [0.2, 0.25) is 5.91 Å². The quantitative estimate of drug-likeness (QED) is 0.421. The molecule has 0 fully saturated rings. The van der Waals surface area contributed by atoms with Crippen LogP contribution in [0.1, 0.15) is 36.6 Å². The summed E-state index contributed by atoms with van der Waals surface area (Å²) in [6, 6.07) is 17.9. The second-order valence-corrected chi connectivity index (χ2v) is 9.40. The molecular weight excluding hydrogens is 477 g/mol. The van der Waals surface area contributed by atoms with Gasteiger partial charge in [-0.05, 0) is 49.2 Å². The predicted octanol–water partition coefficient (Wildman–Crippen LogP) is 5.74. The minimum atomic E-state index is -0.579. The molecule has 1 aromatic heterocycles. The SMILES string of the molecule is CC(Sc1nc(N)c(C#N)c(-c2ccc(Cl)cc2)c1C#N)C(=O)NC(C)c1ccc(Cl)cc1. The molecule has 0 bridgehead atoms. The molecule has 3 N–H and O–H groups in total. The lowest BCUT2D eigenvalue weighted by atomic mass is 9.97. The van der Waals surface area contributed by atoms with Crippen LogP contribution in [0.25, 0.3) is 11.1 Å². The number of hydrogen-bond acceptors (Lipinski definition) is 6. The van der Waals surface area contributed by atoms with Crippen molar-refractivity contribution in [3.05, 3.63) is 75.3 Å². The number of thioether (sulfide) groups is 1. The Morgan fingerprint density at radius 1 is 1.00 bits per heavy atom. The molecule has 2 aromatic carbocycles. The number of rotatable bonds is 6. The molecule has 3 rings (SSSR count). The van der Waals surface area contributed by atoms with Crippen molar-refractivity contribution in [1.29, 1.82) is 10.5 Å². The average Bonchev–Trinajstić information content (AvgIpc) is 2.79. The van der Waals surface area contributed by atoms with Crippen molar-refractivity contribution in [2.24, 2.45) is 0 Å².